The van der Waals surface area contributed by atoms with Crippen molar-refractivity contribution in [1.29, 1.82) is 0 Å². The van der Waals surface area contributed by atoms with E-state index in [0.29, 0.717) is 56.2 Å². The van der Waals surface area contributed by atoms with Crippen LogP contribution in [0.2, 0.25) is 0 Å². The van der Waals surface area contributed by atoms with Gasteiger partial charge in [-0.1, -0.05) is 61.4 Å². The molecule has 4 aromatic carbocycles. The Morgan fingerprint density at radius 2 is 0.769 bits per heavy atom. The summed E-state index contributed by atoms with van der Waals surface area (Å²) in [5, 5.41) is 0. The molecule has 8 bridgehead atoms. The molecule has 0 radical (unpaired) electrons. The van der Waals surface area contributed by atoms with E-state index < -0.39 is 34.1 Å². The molecule has 0 saturated carbocycles. The van der Waals surface area contributed by atoms with Crippen molar-refractivity contribution < 1.29 is 17.6 Å². The fourth-order valence-electron chi connectivity index (χ4n) is 8.29. The number of hydrogen-bond acceptors (Lipinski definition) is 2. The Morgan fingerprint density at radius 1 is 0.423 bits per heavy atom. The van der Waals surface area contributed by atoms with Gasteiger partial charge in [-0.3, -0.25) is 9.97 Å². The maximum atomic E-state index is 17.5. The van der Waals surface area contributed by atoms with E-state index in [1.54, 1.807) is 38.1 Å². The fourth-order valence-corrected chi connectivity index (χ4v) is 8.29. The highest BCUT2D eigenvalue weighted by Crippen LogP contribution is 2.48. The Labute approximate surface area is 303 Å². The molecule has 0 amide bonds. The zero-order valence-corrected chi connectivity index (χ0v) is 31.3. The molecule has 6 aromatic rings. The monoisotopic (exact) mass is 698 g/mol. The first kappa shape index (κ1) is 35.3. The Morgan fingerprint density at radius 3 is 1.12 bits per heavy atom. The highest BCUT2D eigenvalue weighted by molar-refractivity contribution is 5.82. The van der Waals surface area contributed by atoms with E-state index in [2.05, 4.69) is 0 Å². The summed E-state index contributed by atoms with van der Waals surface area (Å²) in [6, 6.07) is 21.2. The Balaban J connectivity index is 1.69. The van der Waals surface area contributed by atoms with Crippen LogP contribution in [0.25, 0.3) is 44.8 Å². The summed E-state index contributed by atoms with van der Waals surface area (Å²) in [5.74, 6) is -3.12. The Kier molecular flexibility index (Phi) is 8.32. The molecule has 52 heavy (non-hydrogen) atoms. The maximum absolute atomic E-state index is 17.5. The quantitative estimate of drug-likeness (QED) is 0.168. The molecule has 0 saturated heterocycles. The van der Waals surface area contributed by atoms with E-state index in [-0.39, 0.29) is 33.4 Å². The zero-order chi connectivity index (χ0) is 37.6. The minimum atomic E-state index is -1.44. The molecule has 0 N–H and O–H groups in total. The summed E-state index contributed by atoms with van der Waals surface area (Å²) in [6.07, 6.45) is 0. The second-order valence-electron chi connectivity index (χ2n) is 15.6. The lowest BCUT2D eigenvalue weighted by molar-refractivity contribution is 0.505. The molecule has 1 aliphatic heterocycles. The number of fused-ring (bicyclic) bond motifs is 10. The first-order valence-electron chi connectivity index (χ1n) is 17.6. The van der Waals surface area contributed by atoms with Crippen LogP contribution in [-0.2, 0) is 10.8 Å². The summed E-state index contributed by atoms with van der Waals surface area (Å²) >= 11 is 0. The van der Waals surface area contributed by atoms with Gasteiger partial charge in [-0.2, -0.15) is 0 Å². The maximum Gasteiger partial charge on any atom is 0.143 e. The third-order valence-corrected chi connectivity index (χ3v) is 10.9. The van der Waals surface area contributed by atoms with Crippen molar-refractivity contribution in [3.63, 3.8) is 0 Å². The lowest BCUT2D eigenvalue weighted by Crippen LogP contribution is -2.25. The van der Waals surface area contributed by atoms with E-state index in [9.17, 15) is 0 Å². The molecule has 2 aromatic heterocycles. The second kappa shape index (κ2) is 12.3. The van der Waals surface area contributed by atoms with Crippen LogP contribution in [0.1, 0.15) is 83.6 Å². The molecule has 1 aliphatic rings. The average Bonchev–Trinajstić information content (AvgIpc) is 3.06. The van der Waals surface area contributed by atoms with Crippen molar-refractivity contribution >= 4 is 0 Å². The molecule has 7 rings (SSSR count). The van der Waals surface area contributed by atoms with Gasteiger partial charge in [-0.25, -0.2) is 17.6 Å². The predicted molar refractivity (Wildman–Crippen MR) is 203 cm³/mol. The lowest BCUT2D eigenvalue weighted by Gasteiger charge is -2.32. The number of halogens is 4. The van der Waals surface area contributed by atoms with Crippen LogP contribution in [0.3, 0.4) is 0 Å². The third-order valence-electron chi connectivity index (χ3n) is 10.9. The zero-order valence-electron chi connectivity index (χ0n) is 31.3. The van der Waals surface area contributed by atoms with E-state index in [4.69, 9.17) is 9.97 Å². The Hall–Kier alpha value is -5.10. The predicted octanol–water partition coefficient (Wildman–Crippen LogP) is 12.5. The van der Waals surface area contributed by atoms with Gasteiger partial charge in [0.05, 0.1) is 33.9 Å². The molecule has 2 nitrogen and oxygen atoms in total. The molecule has 264 valence electrons. The van der Waals surface area contributed by atoms with Crippen molar-refractivity contribution in [1.82, 2.24) is 9.97 Å². The van der Waals surface area contributed by atoms with Crippen molar-refractivity contribution in [2.75, 3.05) is 0 Å². The van der Waals surface area contributed by atoms with Gasteiger partial charge in [-0.05, 0) is 136 Å². The third kappa shape index (κ3) is 5.37. The van der Waals surface area contributed by atoms with Crippen molar-refractivity contribution in [3.05, 3.63) is 152 Å². The minimum Gasteiger partial charge on any atom is -0.252 e. The van der Waals surface area contributed by atoms with Crippen LogP contribution in [0.15, 0.2) is 72.8 Å². The van der Waals surface area contributed by atoms with Gasteiger partial charge in [0.25, 0.3) is 0 Å². The van der Waals surface area contributed by atoms with Crippen molar-refractivity contribution in [2.45, 2.75) is 80.1 Å². The number of hydrogen-bond donors (Lipinski definition) is 0. The standard InChI is InChI=1S/C46H42F4N2/c1-23-17-25(3)37(26(4)18-23)39-41(47)29-21-31(43(39)49)45(7,8)32-22-30(42(48)40(44(32)50)38-27(5)19-24(2)20-28(38)6)34-14-12-16-36(52-34)46(9,10)35-15-11-13-33(29)51-35/h11-22H,1-10H3. The van der Waals surface area contributed by atoms with E-state index in [1.165, 1.54) is 12.1 Å². The molecule has 0 unspecified atom stereocenters. The van der Waals surface area contributed by atoms with Crippen LogP contribution >= 0.6 is 0 Å². The normalized spacial score (nSPS) is 14.3. The smallest absolute Gasteiger partial charge is 0.143 e. The first-order valence-corrected chi connectivity index (χ1v) is 17.6. The highest BCUT2D eigenvalue weighted by atomic mass is 19.1. The summed E-state index contributed by atoms with van der Waals surface area (Å²) in [7, 11) is 0. The van der Waals surface area contributed by atoms with Gasteiger partial charge in [-0.15, -0.1) is 0 Å². The number of aryl methyl sites for hydroxylation is 6. The van der Waals surface area contributed by atoms with Crippen LogP contribution in [0.4, 0.5) is 17.6 Å². The molecule has 3 heterocycles. The number of benzene rings is 4. The SMILES string of the molecule is Cc1cc(C)c(-c2c(F)c3cc(c2F)C(C)(C)c2cc(c(F)c(-c4c(C)cc(C)cc4C)c2F)-c2cccc(n2)C(C)(C)c2cccc-3n2)c(C)c1. The van der Waals surface area contributed by atoms with Crippen molar-refractivity contribution in [2.24, 2.45) is 0 Å². The molecule has 6 heteroatoms. The number of pyridine rings is 2. The van der Waals surface area contributed by atoms with Crippen LogP contribution < -0.4 is 0 Å². The van der Waals surface area contributed by atoms with E-state index in [0.717, 1.165) is 11.1 Å². The average molecular weight is 699 g/mol. The number of aromatic nitrogens is 2. The van der Waals surface area contributed by atoms with Gasteiger partial charge in [0.2, 0.25) is 0 Å². The minimum absolute atomic E-state index is 0.0586. The van der Waals surface area contributed by atoms with Gasteiger partial charge in [0.1, 0.15) is 23.3 Å². The lowest BCUT2D eigenvalue weighted by atomic mass is 9.73. The second-order valence-corrected chi connectivity index (χ2v) is 15.6. The summed E-state index contributed by atoms with van der Waals surface area (Å²) < 4.78 is 69.5. The van der Waals surface area contributed by atoms with Crippen LogP contribution in [0, 0.1) is 64.8 Å². The van der Waals surface area contributed by atoms with Crippen molar-refractivity contribution in [3.8, 4) is 44.8 Å². The first-order chi connectivity index (χ1) is 24.4. The summed E-state index contributed by atoms with van der Waals surface area (Å²) in [5.41, 5.74) is 5.10. The van der Waals surface area contributed by atoms with Gasteiger partial charge in [0.15, 0.2) is 0 Å². The number of rotatable bonds is 2. The Bertz CT molecular complexity index is 2260. The van der Waals surface area contributed by atoms with Gasteiger partial charge >= 0.3 is 0 Å². The highest BCUT2D eigenvalue weighted by Gasteiger charge is 2.38. The van der Waals surface area contributed by atoms with E-state index >= 15 is 17.6 Å². The molecular weight excluding hydrogens is 657 g/mol. The molecule has 0 atom stereocenters. The van der Waals surface area contributed by atoms with E-state index in [1.807, 2.05) is 91.8 Å². The molecular formula is C46H42F4N2. The molecule has 0 fully saturated rings. The van der Waals surface area contributed by atoms with Crippen LogP contribution in [-0.4, -0.2) is 9.97 Å². The summed E-state index contributed by atoms with van der Waals surface area (Å²) in [6.45, 7) is 18.5. The fraction of sp³-hybridized carbons (Fsp3) is 0.261. The largest absolute Gasteiger partial charge is 0.252 e. The van der Waals surface area contributed by atoms with Gasteiger partial charge in [0, 0.05) is 22.0 Å². The molecule has 0 spiro atoms. The number of nitrogens with zero attached hydrogens (tertiary/aromatic N) is 2. The molecule has 0 aliphatic carbocycles. The topological polar surface area (TPSA) is 25.8 Å². The van der Waals surface area contributed by atoms with Crippen LogP contribution in [0.5, 0.6) is 0 Å². The van der Waals surface area contributed by atoms with Gasteiger partial charge < -0.3 is 0 Å². The summed E-state index contributed by atoms with van der Waals surface area (Å²) in [4.78, 5) is 9.93.